The number of likely N-dealkylation sites (tertiary alicyclic amines) is 1. The highest BCUT2D eigenvalue weighted by molar-refractivity contribution is 5.85. The van der Waals surface area contributed by atoms with Gasteiger partial charge in [0.15, 0.2) is 0 Å². The van der Waals surface area contributed by atoms with E-state index in [4.69, 9.17) is 5.84 Å². The van der Waals surface area contributed by atoms with Crippen molar-refractivity contribution in [1.29, 1.82) is 0 Å². The molecule has 3 nitrogen and oxygen atoms in total. The van der Waals surface area contributed by atoms with Gasteiger partial charge in [0.2, 0.25) is 0 Å². The maximum Gasteiger partial charge on any atom is 0.0225 e. The number of hydrogen-bond acceptors (Lipinski definition) is 3. The van der Waals surface area contributed by atoms with Crippen LogP contribution >= 0.6 is 24.8 Å². The summed E-state index contributed by atoms with van der Waals surface area (Å²) in [6.07, 6.45) is 4.14. The summed E-state index contributed by atoms with van der Waals surface area (Å²) < 4.78 is 0. The maximum absolute atomic E-state index is 5.17. The van der Waals surface area contributed by atoms with E-state index in [9.17, 15) is 0 Å². The van der Waals surface area contributed by atoms with Gasteiger partial charge in [-0.15, -0.1) is 24.8 Å². The number of nitrogens with two attached hydrogens (primary N) is 1. The lowest BCUT2D eigenvalue weighted by Crippen LogP contribution is -2.37. The third-order valence-corrected chi connectivity index (χ3v) is 2.02. The third kappa shape index (κ3) is 6.03. The number of halogens is 2. The Labute approximate surface area is 86.8 Å². The van der Waals surface area contributed by atoms with Crippen molar-refractivity contribution in [1.82, 2.24) is 10.3 Å². The van der Waals surface area contributed by atoms with Crippen LogP contribution in [0.3, 0.4) is 0 Å². The summed E-state index contributed by atoms with van der Waals surface area (Å²) >= 11 is 0. The fourth-order valence-corrected chi connectivity index (χ4v) is 1.41. The van der Waals surface area contributed by atoms with Crippen LogP contribution in [0.1, 0.15) is 19.3 Å². The zero-order valence-corrected chi connectivity index (χ0v) is 8.92. The summed E-state index contributed by atoms with van der Waals surface area (Å²) in [5.74, 6) is 5.17. The van der Waals surface area contributed by atoms with Crippen molar-refractivity contribution in [3.05, 3.63) is 0 Å². The molecule has 0 unspecified atom stereocenters. The summed E-state index contributed by atoms with van der Waals surface area (Å²) in [4.78, 5) is 2.46. The van der Waals surface area contributed by atoms with E-state index in [2.05, 4.69) is 10.3 Å². The molecule has 0 amide bonds. The van der Waals surface area contributed by atoms with E-state index in [1.165, 1.54) is 32.4 Å². The predicted octanol–water partition coefficient (Wildman–Crippen LogP) is 0.779. The van der Waals surface area contributed by atoms with Crippen molar-refractivity contribution in [2.75, 3.05) is 26.2 Å². The minimum absolute atomic E-state index is 0. The van der Waals surface area contributed by atoms with Gasteiger partial charge in [-0.3, -0.25) is 11.3 Å². The molecule has 1 saturated heterocycles. The molecule has 0 aliphatic carbocycles. The molecule has 1 heterocycles. The van der Waals surface area contributed by atoms with Crippen molar-refractivity contribution in [2.24, 2.45) is 5.84 Å². The quantitative estimate of drug-likeness (QED) is 0.541. The topological polar surface area (TPSA) is 41.3 Å². The van der Waals surface area contributed by atoms with Crippen LogP contribution < -0.4 is 11.3 Å². The minimum Gasteiger partial charge on any atom is -0.302 e. The van der Waals surface area contributed by atoms with Crippen LogP contribution in [-0.4, -0.2) is 31.1 Å². The van der Waals surface area contributed by atoms with Gasteiger partial charge in [-0.05, 0) is 25.9 Å². The van der Waals surface area contributed by atoms with E-state index < -0.39 is 0 Å². The lowest BCUT2D eigenvalue weighted by Gasteiger charge is -2.25. The molecular weight excluding hydrogens is 197 g/mol. The van der Waals surface area contributed by atoms with Gasteiger partial charge in [-0.25, -0.2) is 0 Å². The highest BCUT2D eigenvalue weighted by Gasteiger charge is 2.07. The first kappa shape index (κ1) is 15.0. The molecule has 76 valence electrons. The Bertz CT molecular complexity index is 86.7. The standard InChI is InChI=1S/C7H17N3.2ClH/c8-9-4-7-10-5-2-1-3-6-10;;/h9H,1-8H2;2*1H. The fourth-order valence-electron chi connectivity index (χ4n) is 1.41. The smallest absolute Gasteiger partial charge is 0.0225 e. The number of nitrogens with one attached hydrogen (secondary N) is 1. The molecule has 0 aromatic rings. The molecule has 1 fully saturated rings. The van der Waals surface area contributed by atoms with Gasteiger partial charge in [0, 0.05) is 13.1 Å². The average molecular weight is 216 g/mol. The van der Waals surface area contributed by atoms with E-state index in [0.717, 1.165) is 13.1 Å². The maximum atomic E-state index is 5.17. The molecular formula is C7H19Cl2N3. The normalized spacial score (nSPS) is 17.8. The monoisotopic (exact) mass is 215 g/mol. The second-order valence-electron chi connectivity index (χ2n) is 2.86. The number of nitrogens with zero attached hydrogens (tertiary/aromatic N) is 1. The minimum atomic E-state index is 0. The summed E-state index contributed by atoms with van der Waals surface area (Å²) in [5, 5.41) is 0. The summed E-state index contributed by atoms with van der Waals surface area (Å²) in [6.45, 7) is 4.56. The Kier molecular flexibility index (Phi) is 11.9. The van der Waals surface area contributed by atoms with Gasteiger partial charge in [0.05, 0.1) is 0 Å². The first-order valence-electron chi connectivity index (χ1n) is 4.09. The molecule has 0 bridgehead atoms. The molecule has 0 radical (unpaired) electrons. The van der Waals surface area contributed by atoms with Crippen molar-refractivity contribution in [3.8, 4) is 0 Å². The number of rotatable bonds is 3. The van der Waals surface area contributed by atoms with Gasteiger partial charge in [-0.1, -0.05) is 6.42 Å². The molecule has 0 aromatic carbocycles. The van der Waals surface area contributed by atoms with E-state index in [1.807, 2.05) is 0 Å². The Hall–Kier alpha value is 0.460. The van der Waals surface area contributed by atoms with Crippen LogP contribution in [0.2, 0.25) is 0 Å². The van der Waals surface area contributed by atoms with Crippen LogP contribution in [0.5, 0.6) is 0 Å². The zero-order valence-electron chi connectivity index (χ0n) is 7.29. The highest BCUT2D eigenvalue weighted by Crippen LogP contribution is 2.06. The number of hydrogen-bond donors (Lipinski definition) is 2. The zero-order chi connectivity index (χ0) is 7.23. The molecule has 0 spiro atoms. The van der Waals surface area contributed by atoms with Crippen molar-refractivity contribution < 1.29 is 0 Å². The molecule has 3 N–H and O–H groups in total. The molecule has 5 heteroatoms. The Morgan fingerprint density at radius 1 is 1.08 bits per heavy atom. The van der Waals surface area contributed by atoms with Crippen molar-refractivity contribution in [3.63, 3.8) is 0 Å². The van der Waals surface area contributed by atoms with Crippen molar-refractivity contribution >= 4 is 24.8 Å². The average Bonchev–Trinajstić information content (AvgIpc) is 2.03. The molecule has 0 saturated carbocycles. The molecule has 0 atom stereocenters. The first-order chi connectivity index (χ1) is 4.93. The van der Waals surface area contributed by atoms with E-state index >= 15 is 0 Å². The van der Waals surface area contributed by atoms with Crippen molar-refractivity contribution in [2.45, 2.75) is 19.3 Å². The third-order valence-electron chi connectivity index (χ3n) is 2.02. The molecule has 1 aliphatic heterocycles. The van der Waals surface area contributed by atoms with E-state index in [0.29, 0.717) is 0 Å². The van der Waals surface area contributed by atoms with Gasteiger partial charge in [0.25, 0.3) is 0 Å². The molecule has 1 aliphatic rings. The first-order valence-corrected chi connectivity index (χ1v) is 4.09. The Morgan fingerprint density at radius 2 is 1.67 bits per heavy atom. The summed E-state index contributed by atoms with van der Waals surface area (Å²) in [7, 11) is 0. The predicted molar refractivity (Wildman–Crippen MR) is 57.0 cm³/mol. The number of hydrazine groups is 1. The number of piperidine rings is 1. The SMILES string of the molecule is Cl.Cl.NNCCN1CCCCC1. The second-order valence-corrected chi connectivity index (χ2v) is 2.86. The molecule has 12 heavy (non-hydrogen) atoms. The largest absolute Gasteiger partial charge is 0.302 e. The molecule has 1 rings (SSSR count). The van der Waals surface area contributed by atoms with Crippen LogP contribution in [-0.2, 0) is 0 Å². The van der Waals surface area contributed by atoms with Gasteiger partial charge < -0.3 is 4.90 Å². The fraction of sp³-hybridized carbons (Fsp3) is 1.00. The Balaban J connectivity index is 0. The van der Waals surface area contributed by atoms with E-state index in [-0.39, 0.29) is 24.8 Å². The lowest BCUT2D eigenvalue weighted by molar-refractivity contribution is 0.229. The highest BCUT2D eigenvalue weighted by atomic mass is 35.5. The second kappa shape index (κ2) is 9.55. The molecule has 0 aromatic heterocycles. The van der Waals surface area contributed by atoms with Gasteiger partial charge in [0.1, 0.15) is 0 Å². The Morgan fingerprint density at radius 3 is 2.17 bits per heavy atom. The summed E-state index contributed by atoms with van der Waals surface area (Å²) in [5.41, 5.74) is 2.67. The lowest BCUT2D eigenvalue weighted by atomic mass is 10.1. The van der Waals surface area contributed by atoms with Crippen LogP contribution in [0.25, 0.3) is 0 Å². The summed E-state index contributed by atoms with van der Waals surface area (Å²) in [6, 6.07) is 0. The van der Waals surface area contributed by atoms with E-state index in [1.54, 1.807) is 0 Å². The van der Waals surface area contributed by atoms with Crippen LogP contribution in [0.4, 0.5) is 0 Å². The van der Waals surface area contributed by atoms with Gasteiger partial charge >= 0.3 is 0 Å². The van der Waals surface area contributed by atoms with Gasteiger partial charge in [-0.2, -0.15) is 0 Å². The van der Waals surface area contributed by atoms with Crippen LogP contribution in [0, 0.1) is 0 Å². The van der Waals surface area contributed by atoms with Crippen LogP contribution in [0.15, 0.2) is 0 Å².